The van der Waals surface area contributed by atoms with E-state index in [-0.39, 0.29) is 5.75 Å². The molecule has 0 bridgehead atoms. The van der Waals surface area contributed by atoms with Gasteiger partial charge in [-0.1, -0.05) is 28.9 Å². The van der Waals surface area contributed by atoms with Crippen LogP contribution in [0.1, 0.15) is 18.9 Å². The fourth-order valence-corrected chi connectivity index (χ4v) is 2.31. The first-order chi connectivity index (χ1) is 10.1. The molecule has 2 aromatic carbocycles. The molecule has 2 rings (SSSR count). The van der Waals surface area contributed by atoms with Crippen molar-refractivity contribution in [3.05, 3.63) is 58.1 Å². The van der Waals surface area contributed by atoms with E-state index in [1.165, 1.54) is 6.07 Å². The normalized spacial score (nSPS) is 10.7. The monoisotopic (exact) mass is 355 g/mol. The molecule has 0 aliphatic heterocycles. The van der Waals surface area contributed by atoms with Gasteiger partial charge in [-0.15, -0.1) is 0 Å². The summed E-state index contributed by atoms with van der Waals surface area (Å²) in [7, 11) is 0. The van der Waals surface area contributed by atoms with Gasteiger partial charge in [-0.3, -0.25) is 0 Å². The summed E-state index contributed by atoms with van der Waals surface area (Å²) in [5, 5.41) is 3.31. The first kappa shape index (κ1) is 15.9. The van der Waals surface area contributed by atoms with Gasteiger partial charge >= 0.3 is 0 Å². The highest BCUT2D eigenvalue weighted by molar-refractivity contribution is 9.10. The summed E-state index contributed by atoms with van der Waals surface area (Å²) in [6.07, 6.45) is 1.08. The minimum absolute atomic E-state index is 0.262. The van der Waals surface area contributed by atoms with Crippen LogP contribution in [-0.4, -0.2) is 6.54 Å². The van der Waals surface area contributed by atoms with Crippen molar-refractivity contribution in [3.63, 3.8) is 0 Å². The topological polar surface area (TPSA) is 21.3 Å². The van der Waals surface area contributed by atoms with Crippen molar-refractivity contribution in [3.8, 4) is 11.5 Å². The van der Waals surface area contributed by atoms with Crippen LogP contribution in [-0.2, 0) is 6.54 Å². The van der Waals surface area contributed by atoms with Crippen molar-refractivity contribution in [2.24, 2.45) is 0 Å². The van der Waals surface area contributed by atoms with Crippen LogP contribution in [0.15, 0.2) is 40.9 Å². The lowest BCUT2D eigenvalue weighted by molar-refractivity contribution is 0.461. The van der Waals surface area contributed by atoms with Gasteiger partial charge in [0.15, 0.2) is 11.6 Å². The van der Waals surface area contributed by atoms with Gasteiger partial charge in [0.05, 0.1) is 0 Å². The van der Waals surface area contributed by atoms with E-state index < -0.39 is 11.6 Å². The summed E-state index contributed by atoms with van der Waals surface area (Å²) < 4.78 is 32.4. The quantitative estimate of drug-likeness (QED) is 0.734. The van der Waals surface area contributed by atoms with E-state index in [1.54, 1.807) is 6.07 Å². The van der Waals surface area contributed by atoms with Gasteiger partial charge in [0, 0.05) is 17.1 Å². The minimum atomic E-state index is -0.924. The molecular weight excluding hydrogens is 340 g/mol. The van der Waals surface area contributed by atoms with Crippen LogP contribution in [0.3, 0.4) is 0 Å². The lowest BCUT2D eigenvalue weighted by atomic mass is 10.2. The van der Waals surface area contributed by atoms with Crippen LogP contribution in [0.25, 0.3) is 0 Å². The van der Waals surface area contributed by atoms with Gasteiger partial charge in [0.2, 0.25) is 0 Å². The maximum absolute atomic E-state index is 13.1. The Labute approximate surface area is 131 Å². The second-order valence-electron chi connectivity index (χ2n) is 4.61. The van der Waals surface area contributed by atoms with Crippen LogP contribution < -0.4 is 10.1 Å². The number of rotatable bonds is 6. The molecule has 1 N–H and O–H groups in total. The molecule has 0 radical (unpaired) electrons. The SMILES string of the molecule is CCCNCc1ccc(Oc2ccc(F)c(F)c2)cc1Br. The van der Waals surface area contributed by atoms with Crippen molar-refractivity contribution >= 4 is 15.9 Å². The average Bonchev–Trinajstić information content (AvgIpc) is 2.45. The smallest absolute Gasteiger partial charge is 0.162 e. The Morgan fingerprint density at radius 1 is 1.05 bits per heavy atom. The Hall–Kier alpha value is -1.46. The molecule has 0 aromatic heterocycles. The van der Waals surface area contributed by atoms with Gasteiger partial charge in [-0.05, 0) is 42.8 Å². The van der Waals surface area contributed by atoms with Crippen LogP contribution in [0.2, 0.25) is 0 Å². The van der Waals surface area contributed by atoms with E-state index in [0.29, 0.717) is 5.75 Å². The molecule has 0 saturated heterocycles. The van der Waals surface area contributed by atoms with Gasteiger partial charge in [-0.25, -0.2) is 8.78 Å². The lowest BCUT2D eigenvalue weighted by Crippen LogP contribution is -2.14. The number of benzene rings is 2. The molecule has 2 aromatic rings. The molecule has 0 saturated carbocycles. The highest BCUT2D eigenvalue weighted by Gasteiger charge is 2.06. The first-order valence-corrected chi connectivity index (χ1v) is 7.51. The maximum atomic E-state index is 13.1. The summed E-state index contributed by atoms with van der Waals surface area (Å²) >= 11 is 3.48. The van der Waals surface area contributed by atoms with Crippen molar-refractivity contribution in [1.29, 1.82) is 0 Å². The van der Waals surface area contributed by atoms with E-state index in [0.717, 1.165) is 41.7 Å². The molecule has 0 spiro atoms. The summed E-state index contributed by atoms with van der Waals surface area (Å²) in [6, 6.07) is 9.01. The number of hydrogen-bond donors (Lipinski definition) is 1. The Kier molecular flexibility index (Phi) is 5.70. The molecule has 0 unspecified atom stereocenters. The molecule has 0 aliphatic rings. The predicted octanol–water partition coefficient (Wildman–Crippen LogP) is 5.02. The van der Waals surface area contributed by atoms with Gasteiger partial charge in [0.25, 0.3) is 0 Å². The van der Waals surface area contributed by atoms with E-state index in [4.69, 9.17) is 4.74 Å². The highest BCUT2D eigenvalue weighted by Crippen LogP contribution is 2.28. The molecular formula is C16H16BrF2NO. The van der Waals surface area contributed by atoms with E-state index >= 15 is 0 Å². The van der Waals surface area contributed by atoms with Crippen molar-refractivity contribution in [2.45, 2.75) is 19.9 Å². The summed E-state index contributed by atoms with van der Waals surface area (Å²) in [5.74, 6) is -0.988. The van der Waals surface area contributed by atoms with E-state index in [9.17, 15) is 8.78 Å². The third kappa shape index (κ3) is 4.51. The number of hydrogen-bond acceptors (Lipinski definition) is 2. The van der Waals surface area contributed by atoms with Crippen molar-refractivity contribution in [2.75, 3.05) is 6.54 Å². The standard InChI is InChI=1S/C16H16BrF2NO/c1-2-7-20-10-11-3-4-12(8-14(11)17)21-13-5-6-15(18)16(19)9-13/h3-6,8-9,20H,2,7,10H2,1H3. The van der Waals surface area contributed by atoms with Crippen LogP contribution in [0.5, 0.6) is 11.5 Å². The van der Waals surface area contributed by atoms with E-state index in [2.05, 4.69) is 28.2 Å². The third-order valence-electron chi connectivity index (χ3n) is 2.89. The molecule has 2 nitrogen and oxygen atoms in total. The zero-order chi connectivity index (χ0) is 15.2. The molecule has 0 fully saturated rings. The Balaban J connectivity index is 2.07. The molecule has 0 heterocycles. The Morgan fingerprint density at radius 3 is 2.43 bits per heavy atom. The summed E-state index contributed by atoms with van der Waals surface area (Å²) in [6.45, 7) is 3.83. The first-order valence-electron chi connectivity index (χ1n) is 6.72. The molecule has 0 aliphatic carbocycles. The van der Waals surface area contributed by atoms with Crippen LogP contribution in [0.4, 0.5) is 8.78 Å². The minimum Gasteiger partial charge on any atom is -0.457 e. The van der Waals surface area contributed by atoms with Gasteiger partial charge in [0.1, 0.15) is 11.5 Å². The van der Waals surface area contributed by atoms with Crippen LogP contribution >= 0.6 is 15.9 Å². The molecule has 0 amide bonds. The predicted molar refractivity (Wildman–Crippen MR) is 82.6 cm³/mol. The van der Waals surface area contributed by atoms with Crippen LogP contribution in [0, 0.1) is 11.6 Å². The highest BCUT2D eigenvalue weighted by atomic mass is 79.9. The number of ether oxygens (including phenoxy) is 1. The average molecular weight is 356 g/mol. The summed E-state index contributed by atoms with van der Waals surface area (Å²) in [5.41, 5.74) is 1.11. The second-order valence-corrected chi connectivity index (χ2v) is 5.46. The Morgan fingerprint density at radius 2 is 1.76 bits per heavy atom. The molecule has 21 heavy (non-hydrogen) atoms. The fourth-order valence-electron chi connectivity index (χ4n) is 1.81. The Bertz CT molecular complexity index is 619. The lowest BCUT2D eigenvalue weighted by Gasteiger charge is -2.10. The largest absolute Gasteiger partial charge is 0.457 e. The molecule has 112 valence electrons. The van der Waals surface area contributed by atoms with Gasteiger partial charge < -0.3 is 10.1 Å². The fraction of sp³-hybridized carbons (Fsp3) is 0.250. The summed E-state index contributed by atoms with van der Waals surface area (Å²) in [4.78, 5) is 0. The number of nitrogens with one attached hydrogen (secondary N) is 1. The second kappa shape index (κ2) is 7.52. The third-order valence-corrected chi connectivity index (χ3v) is 3.63. The van der Waals surface area contributed by atoms with Crippen molar-refractivity contribution < 1.29 is 13.5 Å². The number of halogens is 3. The molecule has 0 atom stereocenters. The molecule has 5 heteroatoms. The van der Waals surface area contributed by atoms with Gasteiger partial charge in [-0.2, -0.15) is 0 Å². The zero-order valence-electron chi connectivity index (χ0n) is 11.6. The maximum Gasteiger partial charge on any atom is 0.162 e. The van der Waals surface area contributed by atoms with Crippen molar-refractivity contribution in [1.82, 2.24) is 5.32 Å². The van der Waals surface area contributed by atoms with E-state index in [1.807, 2.05) is 12.1 Å². The zero-order valence-corrected chi connectivity index (χ0v) is 13.2.